The quantitative estimate of drug-likeness (QED) is 0.883. The van der Waals surface area contributed by atoms with Gasteiger partial charge in [0.05, 0.1) is 16.3 Å². The lowest BCUT2D eigenvalue weighted by Gasteiger charge is -2.11. The van der Waals surface area contributed by atoms with Gasteiger partial charge in [0.1, 0.15) is 5.82 Å². The number of rotatable bonds is 6. The van der Waals surface area contributed by atoms with E-state index < -0.39 is 9.84 Å². The summed E-state index contributed by atoms with van der Waals surface area (Å²) in [6.45, 7) is 3.53. The van der Waals surface area contributed by atoms with E-state index in [9.17, 15) is 8.42 Å². The average molecular weight is 333 g/mol. The molecule has 1 N–H and O–H groups in total. The maximum atomic E-state index is 11.8. The third-order valence-electron chi connectivity index (χ3n) is 4.26. The summed E-state index contributed by atoms with van der Waals surface area (Å²) >= 11 is 0. The van der Waals surface area contributed by atoms with Crippen LogP contribution < -0.4 is 5.32 Å². The molecule has 1 aliphatic rings. The van der Waals surface area contributed by atoms with E-state index in [2.05, 4.69) is 21.1 Å². The lowest BCUT2D eigenvalue weighted by molar-refractivity contribution is 0.522. The van der Waals surface area contributed by atoms with Crippen molar-refractivity contribution in [2.45, 2.75) is 44.0 Å². The Labute approximate surface area is 137 Å². The van der Waals surface area contributed by atoms with Gasteiger partial charge in [-0.3, -0.25) is 0 Å². The van der Waals surface area contributed by atoms with E-state index in [0.717, 1.165) is 37.3 Å². The smallest absolute Gasteiger partial charge is 0.178 e. The van der Waals surface area contributed by atoms with Crippen LogP contribution in [0.5, 0.6) is 0 Å². The number of imidazole rings is 1. The molecular formula is C17H23N3O2S. The van der Waals surface area contributed by atoms with Gasteiger partial charge in [0.2, 0.25) is 0 Å². The number of benzene rings is 1. The SMILES string of the molecule is CCS(=O)(=O)c1ccc(NCCc2cn3c(n2)CCCC3)cc1. The van der Waals surface area contributed by atoms with Gasteiger partial charge in [0.25, 0.3) is 0 Å². The minimum absolute atomic E-state index is 0.130. The first kappa shape index (κ1) is 16.1. The maximum Gasteiger partial charge on any atom is 0.178 e. The second-order valence-electron chi connectivity index (χ2n) is 5.90. The number of aryl methyl sites for hydroxylation is 2. The van der Waals surface area contributed by atoms with Crippen LogP contribution in [0.1, 0.15) is 31.3 Å². The molecule has 0 saturated carbocycles. The fourth-order valence-electron chi connectivity index (χ4n) is 2.87. The van der Waals surface area contributed by atoms with Gasteiger partial charge < -0.3 is 9.88 Å². The molecule has 124 valence electrons. The van der Waals surface area contributed by atoms with Crippen LogP contribution in [0.3, 0.4) is 0 Å². The molecule has 2 heterocycles. The Balaban J connectivity index is 1.55. The third kappa shape index (κ3) is 3.75. The second kappa shape index (κ2) is 6.74. The number of fused-ring (bicyclic) bond motifs is 1. The Morgan fingerprint density at radius 2 is 2.00 bits per heavy atom. The molecule has 0 amide bonds. The van der Waals surface area contributed by atoms with Crippen molar-refractivity contribution in [2.75, 3.05) is 17.6 Å². The summed E-state index contributed by atoms with van der Waals surface area (Å²) in [7, 11) is -3.12. The summed E-state index contributed by atoms with van der Waals surface area (Å²) in [6, 6.07) is 6.97. The lowest BCUT2D eigenvalue weighted by Crippen LogP contribution is -2.08. The second-order valence-corrected chi connectivity index (χ2v) is 8.18. The molecule has 2 aromatic rings. The van der Waals surface area contributed by atoms with Crippen LogP contribution in [0, 0.1) is 0 Å². The first-order valence-electron chi connectivity index (χ1n) is 8.20. The van der Waals surface area contributed by atoms with Crippen LogP contribution in [-0.2, 0) is 29.2 Å². The normalized spacial score (nSPS) is 14.5. The fourth-order valence-corrected chi connectivity index (χ4v) is 3.76. The number of nitrogens with zero attached hydrogens (tertiary/aromatic N) is 2. The van der Waals surface area contributed by atoms with Crippen molar-refractivity contribution >= 4 is 15.5 Å². The zero-order chi connectivity index (χ0) is 16.3. The number of aromatic nitrogens is 2. The van der Waals surface area contributed by atoms with Gasteiger partial charge >= 0.3 is 0 Å². The molecule has 6 heteroatoms. The zero-order valence-electron chi connectivity index (χ0n) is 13.5. The van der Waals surface area contributed by atoms with Gasteiger partial charge in [0.15, 0.2) is 9.84 Å². The first-order valence-corrected chi connectivity index (χ1v) is 9.85. The van der Waals surface area contributed by atoms with Crippen LogP contribution in [0.4, 0.5) is 5.69 Å². The molecule has 3 rings (SSSR count). The maximum absolute atomic E-state index is 11.8. The topological polar surface area (TPSA) is 64.0 Å². The van der Waals surface area contributed by atoms with Crippen LogP contribution >= 0.6 is 0 Å². The van der Waals surface area contributed by atoms with Crippen molar-refractivity contribution in [2.24, 2.45) is 0 Å². The standard InChI is InChI=1S/C17H23N3O2S/c1-2-23(21,22)16-8-6-14(7-9-16)18-11-10-15-13-20-12-4-3-5-17(20)19-15/h6-9,13,18H,2-5,10-12H2,1H3. The van der Waals surface area contributed by atoms with E-state index in [0.29, 0.717) is 4.90 Å². The van der Waals surface area contributed by atoms with Crippen molar-refractivity contribution in [3.05, 3.63) is 42.0 Å². The van der Waals surface area contributed by atoms with Crippen molar-refractivity contribution < 1.29 is 8.42 Å². The van der Waals surface area contributed by atoms with E-state index >= 15 is 0 Å². The van der Waals surface area contributed by atoms with E-state index in [1.165, 1.54) is 18.7 Å². The Bertz CT molecular complexity index is 740. The highest BCUT2D eigenvalue weighted by Crippen LogP contribution is 2.17. The minimum Gasteiger partial charge on any atom is -0.385 e. The van der Waals surface area contributed by atoms with Gasteiger partial charge in [-0.2, -0.15) is 0 Å². The van der Waals surface area contributed by atoms with Crippen molar-refractivity contribution in [3.8, 4) is 0 Å². The summed E-state index contributed by atoms with van der Waals surface area (Å²) in [4.78, 5) is 5.06. The molecule has 0 bridgehead atoms. The molecule has 0 unspecified atom stereocenters. The number of sulfone groups is 1. The minimum atomic E-state index is -3.12. The van der Waals surface area contributed by atoms with E-state index in [1.54, 1.807) is 19.1 Å². The Hall–Kier alpha value is -1.82. The molecule has 1 aromatic carbocycles. The molecule has 5 nitrogen and oxygen atoms in total. The van der Waals surface area contributed by atoms with Gasteiger partial charge in [-0.25, -0.2) is 13.4 Å². The van der Waals surface area contributed by atoms with E-state index in [1.807, 2.05) is 12.1 Å². The summed E-state index contributed by atoms with van der Waals surface area (Å²) in [5.74, 6) is 1.34. The number of anilines is 1. The van der Waals surface area contributed by atoms with Crippen LogP contribution in [0.25, 0.3) is 0 Å². The highest BCUT2D eigenvalue weighted by molar-refractivity contribution is 7.91. The number of hydrogen-bond acceptors (Lipinski definition) is 4. The predicted octanol–water partition coefficient (Wildman–Crippen LogP) is 2.67. The first-order chi connectivity index (χ1) is 11.1. The molecule has 0 spiro atoms. The molecule has 0 radical (unpaired) electrons. The number of nitrogens with one attached hydrogen (secondary N) is 1. The van der Waals surface area contributed by atoms with Crippen LogP contribution in [0.15, 0.2) is 35.4 Å². The summed E-state index contributed by atoms with van der Waals surface area (Å²) < 4.78 is 25.8. The average Bonchev–Trinajstić information content (AvgIpc) is 2.98. The Morgan fingerprint density at radius 3 is 2.70 bits per heavy atom. The molecule has 0 saturated heterocycles. The Morgan fingerprint density at radius 1 is 1.22 bits per heavy atom. The number of hydrogen-bond donors (Lipinski definition) is 1. The Kier molecular flexibility index (Phi) is 4.71. The molecule has 1 aromatic heterocycles. The molecule has 0 fully saturated rings. The fraction of sp³-hybridized carbons (Fsp3) is 0.471. The molecule has 0 aliphatic carbocycles. The summed E-state index contributed by atoms with van der Waals surface area (Å²) in [6.07, 6.45) is 6.60. The molecule has 0 atom stereocenters. The summed E-state index contributed by atoms with van der Waals surface area (Å²) in [5, 5.41) is 3.33. The zero-order valence-corrected chi connectivity index (χ0v) is 14.3. The van der Waals surface area contributed by atoms with Gasteiger partial charge in [0, 0.05) is 37.8 Å². The monoisotopic (exact) mass is 333 g/mol. The third-order valence-corrected chi connectivity index (χ3v) is 6.01. The summed E-state index contributed by atoms with van der Waals surface area (Å²) in [5.41, 5.74) is 2.06. The van der Waals surface area contributed by atoms with Gasteiger partial charge in [-0.1, -0.05) is 6.92 Å². The lowest BCUT2D eigenvalue weighted by atomic mass is 10.2. The highest BCUT2D eigenvalue weighted by atomic mass is 32.2. The van der Waals surface area contributed by atoms with Crippen LogP contribution in [0.2, 0.25) is 0 Å². The van der Waals surface area contributed by atoms with Crippen molar-refractivity contribution in [3.63, 3.8) is 0 Å². The van der Waals surface area contributed by atoms with E-state index in [4.69, 9.17) is 0 Å². The predicted molar refractivity (Wildman–Crippen MR) is 91.5 cm³/mol. The van der Waals surface area contributed by atoms with Crippen molar-refractivity contribution in [1.29, 1.82) is 0 Å². The van der Waals surface area contributed by atoms with Gasteiger partial charge in [-0.15, -0.1) is 0 Å². The van der Waals surface area contributed by atoms with Crippen molar-refractivity contribution in [1.82, 2.24) is 9.55 Å². The largest absolute Gasteiger partial charge is 0.385 e. The molecule has 23 heavy (non-hydrogen) atoms. The highest BCUT2D eigenvalue weighted by Gasteiger charge is 2.12. The molecule has 1 aliphatic heterocycles. The molecular weight excluding hydrogens is 310 g/mol. The van der Waals surface area contributed by atoms with Gasteiger partial charge in [-0.05, 0) is 37.1 Å². The van der Waals surface area contributed by atoms with Crippen LogP contribution in [-0.4, -0.2) is 30.3 Å². The van der Waals surface area contributed by atoms with E-state index in [-0.39, 0.29) is 5.75 Å².